The van der Waals surface area contributed by atoms with E-state index in [0.717, 1.165) is 29.1 Å². The lowest BCUT2D eigenvalue weighted by atomic mass is 10.0. The number of benzene rings is 2. The van der Waals surface area contributed by atoms with E-state index in [9.17, 15) is 8.42 Å². The van der Waals surface area contributed by atoms with Crippen LogP contribution in [0.2, 0.25) is 0 Å². The van der Waals surface area contributed by atoms with Gasteiger partial charge in [0.15, 0.2) is 11.5 Å². The summed E-state index contributed by atoms with van der Waals surface area (Å²) in [5.41, 5.74) is 14.8. The number of methoxy groups -OCH3 is 2. The lowest BCUT2D eigenvalue weighted by Crippen LogP contribution is -2.44. The van der Waals surface area contributed by atoms with Gasteiger partial charge >= 0.3 is 0 Å². The number of unbranched alkanes of at least 4 members (excludes halogenated alkanes) is 1. The summed E-state index contributed by atoms with van der Waals surface area (Å²) in [7, 11) is -0.535. The normalized spacial score (nSPS) is 12.5. The number of nitrogens with zero attached hydrogens (tertiary/aromatic N) is 4. The van der Waals surface area contributed by atoms with Crippen molar-refractivity contribution in [2.45, 2.75) is 30.7 Å². The number of nitrogens with two attached hydrogens (primary N) is 2. The number of rotatable bonds is 13. The van der Waals surface area contributed by atoms with Crippen LogP contribution >= 0.6 is 0 Å². The van der Waals surface area contributed by atoms with E-state index >= 15 is 0 Å². The second kappa shape index (κ2) is 13.4. The van der Waals surface area contributed by atoms with Crippen LogP contribution in [0.5, 0.6) is 17.2 Å². The first-order valence-corrected chi connectivity index (χ1v) is 15.7. The largest absolute Gasteiger partial charge is 0.493 e. The molecule has 12 heteroatoms. The summed E-state index contributed by atoms with van der Waals surface area (Å²) in [6, 6.07) is 15.2. The Bertz CT molecular complexity index is 1870. The molecule has 0 aliphatic heterocycles. The molecule has 0 amide bonds. The first-order chi connectivity index (χ1) is 21.2. The van der Waals surface area contributed by atoms with E-state index in [1.54, 1.807) is 69.2 Å². The zero-order valence-corrected chi connectivity index (χ0v) is 25.8. The van der Waals surface area contributed by atoms with Gasteiger partial charge in [0, 0.05) is 47.9 Å². The summed E-state index contributed by atoms with van der Waals surface area (Å²) in [4.78, 5) is 13.7. The zero-order chi connectivity index (χ0) is 31.3. The fourth-order valence-corrected chi connectivity index (χ4v) is 6.50. The van der Waals surface area contributed by atoms with Crippen molar-refractivity contribution in [2.75, 3.05) is 39.6 Å². The Morgan fingerprint density at radius 3 is 2.41 bits per heavy atom. The van der Waals surface area contributed by atoms with Gasteiger partial charge in [-0.05, 0) is 42.1 Å². The highest BCUT2D eigenvalue weighted by atomic mass is 32.2. The van der Waals surface area contributed by atoms with Gasteiger partial charge in [0.2, 0.25) is 10.0 Å². The van der Waals surface area contributed by atoms with Gasteiger partial charge in [-0.15, -0.1) is 0 Å². The van der Waals surface area contributed by atoms with E-state index in [0.29, 0.717) is 46.3 Å². The Labute approximate surface area is 256 Å². The summed E-state index contributed by atoms with van der Waals surface area (Å²) in [5, 5.41) is 2.39. The molecule has 0 saturated carbocycles. The zero-order valence-electron chi connectivity index (χ0n) is 24.9. The SMILES string of the molecule is CCCCN(C[C@H](N)COc1cncc(-c2cc3c(cnc4cc(OC)c(OC)cc43)c(N)n2)c1)S(=O)(=O)c1ccccc1. The monoisotopic (exact) mass is 616 g/mol. The van der Waals surface area contributed by atoms with Crippen LogP contribution in [0.4, 0.5) is 5.82 Å². The molecular weight excluding hydrogens is 580 g/mol. The van der Waals surface area contributed by atoms with Gasteiger partial charge in [-0.1, -0.05) is 31.5 Å². The lowest BCUT2D eigenvalue weighted by molar-refractivity contribution is 0.260. The summed E-state index contributed by atoms with van der Waals surface area (Å²) in [5.74, 6) is 1.94. The average Bonchev–Trinajstić information content (AvgIpc) is 3.05. The topological polar surface area (TPSA) is 156 Å². The molecule has 3 aromatic heterocycles. The minimum Gasteiger partial charge on any atom is -0.493 e. The van der Waals surface area contributed by atoms with Crippen LogP contribution in [0.1, 0.15) is 19.8 Å². The third kappa shape index (κ3) is 6.52. The minimum atomic E-state index is -3.69. The van der Waals surface area contributed by atoms with Gasteiger partial charge in [0.25, 0.3) is 0 Å². The number of hydrogen-bond donors (Lipinski definition) is 2. The molecule has 1 atom stereocenters. The summed E-state index contributed by atoms with van der Waals surface area (Å²) >= 11 is 0. The van der Waals surface area contributed by atoms with Crippen LogP contribution in [-0.4, -0.2) is 67.6 Å². The van der Waals surface area contributed by atoms with Crippen LogP contribution < -0.4 is 25.7 Å². The van der Waals surface area contributed by atoms with Crippen molar-refractivity contribution in [3.8, 4) is 28.5 Å². The minimum absolute atomic E-state index is 0.0866. The predicted octanol–water partition coefficient (Wildman–Crippen LogP) is 4.64. The van der Waals surface area contributed by atoms with Gasteiger partial charge in [0.1, 0.15) is 18.2 Å². The number of pyridine rings is 3. The molecule has 0 saturated heterocycles. The van der Waals surface area contributed by atoms with Gasteiger partial charge < -0.3 is 25.7 Å². The number of fused-ring (bicyclic) bond motifs is 3. The average molecular weight is 617 g/mol. The van der Waals surface area contributed by atoms with Crippen LogP contribution in [-0.2, 0) is 10.0 Å². The number of nitrogen functional groups attached to an aromatic ring is 1. The van der Waals surface area contributed by atoms with Crippen molar-refractivity contribution < 1.29 is 22.6 Å². The lowest BCUT2D eigenvalue weighted by Gasteiger charge is -2.25. The molecule has 5 aromatic rings. The summed E-state index contributed by atoms with van der Waals surface area (Å²) in [6.45, 7) is 2.59. The van der Waals surface area contributed by atoms with E-state index in [-0.39, 0.29) is 18.0 Å². The maximum atomic E-state index is 13.3. The number of sulfonamides is 1. The molecule has 4 N–H and O–H groups in total. The highest BCUT2D eigenvalue weighted by Crippen LogP contribution is 2.37. The van der Waals surface area contributed by atoms with Crippen LogP contribution in [0.3, 0.4) is 0 Å². The van der Waals surface area contributed by atoms with Crippen LogP contribution in [0, 0.1) is 0 Å². The fraction of sp³-hybridized carbons (Fsp3) is 0.281. The van der Waals surface area contributed by atoms with Gasteiger partial charge in [0.05, 0.1) is 42.6 Å². The predicted molar refractivity (Wildman–Crippen MR) is 171 cm³/mol. The van der Waals surface area contributed by atoms with Crippen molar-refractivity contribution in [1.82, 2.24) is 19.3 Å². The van der Waals surface area contributed by atoms with Crippen LogP contribution in [0.25, 0.3) is 32.9 Å². The molecule has 230 valence electrons. The van der Waals surface area contributed by atoms with Crippen LogP contribution in [0.15, 0.2) is 78.1 Å². The molecule has 0 spiro atoms. The molecule has 3 heterocycles. The number of ether oxygens (including phenoxy) is 3. The maximum absolute atomic E-state index is 13.3. The molecule has 0 fully saturated rings. The highest BCUT2D eigenvalue weighted by molar-refractivity contribution is 7.89. The number of anilines is 1. The molecule has 0 aliphatic rings. The van der Waals surface area contributed by atoms with E-state index in [2.05, 4.69) is 15.0 Å². The molecular formula is C32H36N6O5S. The molecule has 0 aliphatic carbocycles. The number of aromatic nitrogens is 3. The smallest absolute Gasteiger partial charge is 0.243 e. The standard InChI is InChI=1S/C32H36N6O5S/c1-4-5-11-38(44(39,40)24-9-7-6-8-10-24)19-22(33)20-43-23-12-21(16-35-17-23)28-13-25-26-14-30(41-2)31(42-3)15-29(26)36-18-27(25)32(34)37-28/h6-10,12-18,22H,4-5,11,19-20,33H2,1-3H3,(H2,34,37)/t22-/m0/s1. The van der Waals surface area contributed by atoms with Gasteiger partial charge in [-0.25, -0.2) is 13.4 Å². The fourth-order valence-electron chi connectivity index (χ4n) is 4.95. The van der Waals surface area contributed by atoms with E-state index in [4.69, 9.17) is 25.7 Å². The van der Waals surface area contributed by atoms with E-state index < -0.39 is 16.1 Å². The summed E-state index contributed by atoms with van der Waals surface area (Å²) in [6.07, 6.45) is 6.52. The third-order valence-electron chi connectivity index (χ3n) is 7.27. The first-order valence-electron chi connectivity index (χ1n) is 14.2. The van der Waals surface area contributed by atoms with E-state index in [1.807, 2.05) is 25.1 Å². The Morgan fingerprint density at radius 1 is 0.932 bits per heavy atom. The number of hydrogen-bond acceptors (Lipinski definition) is 10. The Balaban J connectivity index is 1.37. The Morgan fingerprint density at radius 2 is 1.68 bits per heavy atom. The Kier molecular flexibility index (Phi) is 9.43. The highest BCUT2D eigenvalue weighted by Gasteiger charge is 2.26. The molecule has 2 aromatic carbocycles. The molecule has 5 rings (SSSR count). The summed E-state index contributed by atoms with van der Waals surface area (Å²) < 4.78 is 45.0. The molecule has 0 unspecified atom stereocenters. The van der Waals surface area contributed by atoms with Crippen molar-refractivity contribution in [3.63, 3.8) is 0 Å². The molecule has 11 nitrogen and oxygen atoms in total. The van der Waals surface area contributed by atoms with E-state index in [1.165, 1.54) is 4.31 Å². The van der Waals surface area contributed by atoms with Crippen molar-refractivity contribution in [2.24, 2.45) is 5.73 Å². The van der Waals surface area contributed by atoms with Crippen molar-refractivity contribution in [3.05, 3.63) is 73.2 Å². The van der Waals surface area contributed by atoms with Crippen molar-refractivity contribution >= 4 is 37.5 Å². The maximum Gasteiger partial charge on any atom is 0.243 e. The Hall–Kier alpha value is -4.52. The quantitative estimate of drug-likeness (QED) is 0.179. The first kappa shape index (κ1) is 30.9. The molecule has 0 radical (unpaired) electrons. The molecule has 44 heavy (non-hydrogen) atoms. The van der Waals surface area contributed by atoms with Gasteiger partial charge in [-0.3, -0.25) is 9.97 Å². The molecule has 0 bridgehead atoms. The van der Waals surface area contributed by atoms with Gasteiger partial charge in [-0.2, -0.15) is 4.31 Å². The third-order valence-corrected chi connectivity index (χ3v) is 9.15. The second-order valence-corrected chi connectivity index (χ2v) is 12.3. The second-order valence-electron chi connectivity index (χ2n) is 10.3. The van der Waals surface area contributed by atoms with Crippen molar-refractivity contribution in [1.29, 1.82) is 0 Å².